The maximum Gasteiger partial charge on any atom is 0.223 e. The molecule has 2 N–H and O–H groups in total. The number of para-hydroxylation sites is 1. The van der Waals surface area contributed by atoms with Crippen LogP contribution in [0.2, 0.25) is 0 Å². The van der Waals surface area contributed by atoms with Crippen molar-refractivity contribution < 1.29 is 8.91 Å². The Hall–Kier alpha value is -4.73. The molecular weight excluding hydrogens is 483 g/mol. The molecule has 0 aliphatic carbocycles. The maximum absolute atomic E-state index is 13.6. The number of rotatable bonds is 5. The van der Waals surface area contributed by atoms with Crippen LogP contribution in [0.5, 0.6) is 0 Å². The largest absolute Gasteiger partial charge is 0.356 e. The lowest BCUT2D eigenvalue weighted by Crippen LogP contribution is -2.53. The van der Waals surface area contributed by atoms with Crippen molar-refractivity contribution in [3.05, 3.63) is 101 Å². The quantitative estimate of drug-likeness (QED) is 0.341. The number of aromatic amines is 2. The van der Waals surface area contributed by atoms with Gasteiger partial charge in [-0.1, -0.05) is 23.4 Å². The standard InChI is InChI=1S/C28H25FN8O/c1-3-36-16-19(14-31-36)28(26-32-17(2)38-35-26)25-22(21-6-4-5-7-23(21)33-25)12-13-37(28)27-30-15-24(34-27)18-8-10-20(29)11-9-18/h4-11,14-16,33H,3,12-13H2,1-2H3,(H,30,34). The van der Waals surface area contributed by atoms with Crippen molar-refractivity contribution in [3.63, 3.8) is 0 Å². The zero-order valence-corrected chi connectivity index (χ0v) is 20.9. The number of benzene rings is 2. The van der Waals surface area contributed by atoms with Crippen molar-refractivity contribution in [2.75, 3.05) is 11.4 Å². The molecule has 0 bridgehead atoms. The van der Waals surface area contributed by atoms with Crippen molar-refractivity contribution in [2.45, 2.75) is 32.4 Å². The lowest BCUT2D eigenvalue weighted by Gasteiger charge is -2.44. The first-order valence-electron chi connectivity index (χ1n) is 12.6. The molecule has 5 heterocycles. The number of aryl methyl sites for hydroxylation is 2. The summed E-state index contributed by atoms with van der Waals surface area (Å²) in [5, 5.41) is 10.3. The summed E-state index contributed by atoms with van der Waals surface area (Å²) in [6.45, 7) is 5.20. The fraction of sp³-hybridized carbons (Fsp3) is 0.214. The van der Waals surface area contributed by atoms with E-state index in [-0.39, 0.29) is 5.82 Å². The lowest BCUT2D eigenvalue weighted by molar-refractivity contribution is 0.371. The van der Waals surface area contributed by atoms with Gasteiger partial charge >= 0.3 is 0 Å². The molecule has 4 aromatic heterocycles. The number of nitrogens with zero attached hydrogens (tertiary/aromatic N) is 6. The van der Waals surface area contributed by atoms with Crippen molar-refractivity contribution in [1.82, 2.24) is 34.9 Å². The first-order chi connectivity index (χ1) is 18.6. The van der Waals surface area contributed by atoms with Gasteiger partial charge in [0.15, 0.2) is 5.54 Å². The summed E-state index contributed by atoms with van der Waals surface area (Å²) in [6.07, 6.45) is 6.52. The van der Waals surface area contributed by atoms with E-state index in [2.05, 4.69) is 50.2 Å². The number of anilines is 1. The third-order valence-electron chi connectivity index (χ3n) is 7.35. The fourth-order valence-electron chi connectivity index (χ4n) is 5.61. The number of fused-ring (bicyclic) bond motifs is 3. The Kier molecular flexibility index (Phi) is 4.97. The Bertz CT molecular complexity index is 1760. The minimum Gasteiger partial charge on any atom is -0.356 e. The van der Waals surface area contributed by atoms with E-state index in [9.17, 15) is 4.39 Å². The van der Waals surface area contributed by atoms with Gasteiger partial charge in [0, 0.05) is 54.4 Å². The Labute approximate surface area is 217 Å². The Balaban J connectivity index is 1.50. The number of hydrogen-bond donors (Lipinski definition) is 2. The lowest BCUT2D eigenvalue weighted by atomic mass is 9.79. The average Bonchev–Trinajstić information content (AvgIpc) is 3.74. The van der Waals surface area contributed by atoms with Crippen LogP contribution in [0.4, 0.5) is 10.3 Å². The average molecular weight is 509 g/mol. The SMILES string of the molecule is CCn1cc(C2(c3noc(C)n3)c3[nH]c4ccccc4c3CCN2c2nc(-c3ccc(F)cc3)c[nH]2)cn1. The second-order valence-electron chi connectivity index (χ2n) is 9.47. The molecule has 38 heavy (non-hydrogen) atoms. The fourth-order valence-corrected chi connectivity index (χ4v) is 5.61. The van der Waals surface area contributed by atoms with Crippen LogP contribution in [0.15, 0.2) is 71.6 Å². The highest BCUT2D eigenvalue weighted by Crippen LogP contribution is 2.48. The highest BCUT2D eigenvalue weighted by atomic mass is 19.1. The summed E-state index contributed by atoms with van der Waals surface area (Å²) in [4.78, 5) is 19.0. The van der Waals surface area contributed by atoms with Gasteiger partial charge in [-0.25, -0.2) is 9.37 Å². The molecule has 0 saturated heterocycles. The molecule has 9 nitrogen and oxygen atoms in total. The number of aromatic nitrogens is 7. The second kappa shape index (κ2) is 8.41. The Morgan fingerprint density at radius 1 is 1.11 bits per heavy atom. The topological polar surface area (TPSA) is 104 Å². The van der Waals surface area contributed by atoms with Crippen molar-refractivity contribution in [2.24, 2.45) is 0 Å². The molecule has 0 fully saturated rings. The number of H-pyrrole nitrogens is 2. The molecule has 6 aromatic rings. The molecule has 1 unspecified atom stereocenters. The van der Waals surface area contributed by atoms with Crippen LogP contribution in [0.25, 0.3) is 22.2 Å². The molecule has 7 rings (SSSR count). The van der Waals surface area contributed by atoms with Gasteiger partial charge in [-0.05, 0) is 49.2 Å². The predicted octanol–water partition coefficient (Wildman–Crippen LogP) is 4.96. The summed E-state index contributed by atoms with van der Waals surface area (Å²) in [7, 11) is 0. The molecule has 0 radical (unpaired) electrons. The molecule has 1 aliphatic rings. The van der Waals surface area contributed by atoms with Crippen LogP contribution in [-0.2, 0) is 18.5 Å². The van der Waals surface area contributed by atoms with Crippen LogP contribution in [0, 0.1) is 12.7 Å². The summed E-state index contributed by atoms with van der Waals surface area (Å²) in [5.74, 6) is 1.32. The van der Waals surface area contributed by atoms with Crippen molar-refractivity contribution in [1.29, 1.82) is 0 Å². The van der Waals surface area contributed by atoms with Crippen molar-refractivity contribution in [3.8, 4) is 11.3 Å². The third kappa shape index (κ3) is 3.22. The summed E-state index contributed by atoms with van der Waals surface area (Å²) < 4.78 is 21.0. The summed E-state index contributed by atoms with van der Waals surface area (Å²) in [6, 6.07) is 14.6. The zero-order valence-electron chi connectivity index (χ0n) is 20.9. The van der Waals surface area contributed by atoms with Gasteiger partial charge in [-0.15, -0.1) is 0 Å². The molecule has 10 heteroatoms. The summed E-state index contributed by atoms with van der Waals surface area (Å²) in [5.41, 5.74) is 4.64. The van der Waals surface area contributed by atoms with Gasteiger partial charge in [0.1, 0.15) is 5.82 Å². The minimum absolute atomic E-state index is 0.286. The van der Waals surface area contributed by atoms with E-state index in [4.69, 9.17) is 14.5 Å². The van der Waals surface area contributed by atoms with E-state index in [1.165, 1.54) is 23.1 Å². The van der Waals surface area contributed by atoms with E-state index in [1.54, 1.807) is 19.1 Å². The molecular formula is C28H25FN8O. The van der Waals surface area contributed by atoms with Crippen LogP contribution in [0.3, 0.4) is 0 Å². The van der Waals surface area contributed by atoms with Crippen LogP contribution in [0.1, 0.15) is 35.5 Å². The number of nitrogens with one attached hydrogen (secondary N) is 2. The number of hydrogen-bond acceptors (Lipinski definition) is 6. The Morgan fingerprint density at radius 3 is 2.71 bits per heavy atom. The van der Waals surface area contributed by atoms with E-state index in [0.717, 1.165) is 35.3 Å². The third-order valence-corrected chi connectivity index (χ3v) is 7.35. The van der Waals surface area contributed by atoms with Gasteiger partial charge in [0.05, 0.1) is 17.6 Å². The zero-order chi connectivity index (χ0) is 25.9. The van der Waals surface area contributed by atoms with Crippen molar-refractivity contribution >= 4 is 16.9 Å². The minimum atomic E-state index is -0.990. The monoisotopic (exact) mass is 508 g/mol. The number of imidazole rings is 1. The highest BCUT2D eigenvalue weighted by molar-refractivity contribution is 5.87. The van der Waals surface area contributed by atoms with Gasteiger partial charge in [-0.2, -0.15) is 10.1 Å². The summed E-state index contributed by atoms with van der Waals surface area (Å²) >= 11 is 0. The van der Waals surface area contributed by atoms with E-state index < -0.39 is 5.54 Å². The molecule has 0 spiro atoms. The highest BCUT2D eigenvalue weighted by Gasteiger charge is 2.53. The molecule has 0 saturated carbocycles. The van der Waals surface area contributed by atoms with E-state index >= 15 is 0 Å². The van der Waals surface area contributed by atoms with Crippen LogP contribution < -0.4 is 4.90 Å². The first-order valence-corrected chi connectivity index (χ1v) is 12.6. The molecule has 2 aromatic carbocycles. The molecule has 0 amide bonds. The molecule has 190 valence electrons. The van der Waals surface area contributed by atoms with Gasteiger partial charge in [0.2, 0.25) is 17.7 Å². The normalized spacial score (nSPS) is 17.3. The smallest absolute Gasteiger partial charge is 0.223 e. The van der Waals surface area contributed by atoms with Gasteiger partial charge < -0.3 is 19.4 Å². The predicted molar refractivity (Wildman–Crippen MR) is 140 cm³/mol. The molecule has 1 aliphatic heterocycles. The van der Waals surface area contributed by atoms with Gasteiger partial charge in [0.25, 0.3) is 0 Å². The maximum atomic E-state index is 13.6. The molecule has 1 atom stereocenters. The number of halogens is 1. The van der Waals surface area contributed by atoms with E-state index in [0.29, 0.717) is 29.9 Å². The second-order valence-corrected chi connectivity index (χ2v) is 9.47. The van der Waals surface area contributed by atoms with Crippen LogP contribution >= 0.6 is 0 Å². The van der Waals surface area contributed by atoms with Gasteiger partial charge in [-0.3, -0.25) is 4.68 Å². The van der Waals surface area contributed by atoms with E-state index in [1.807, 2.05) is 29.3 Å². The first kappa shape index (κ1) is 22.5. The Morgan fingerprint density at radius 2 is 1.95 bits per heavy atom. The van der Waals surface area contributed by atoms with Crippen LogP contribution in [-0.4, -0.2) is 41.4 Å².